The highest BCUT2D eigenvalue weighted by Crippen LogP contribution is 2.40. The molecule has 20 nitrogen and oxygen atoms in total. The molecular formula is C42H50N14O6. The third-order valence-electron chi connectivity index (χ3n) is 11.5. The monoisotopic (exact) mass is 846 g/mol. The van der Waals surface area contributed by atoms with Crippen LogP contribution in [-0.4, -0.2) is 101 Å². The van der Waals surface area contributed by atoms with Crippen LogP contribution in [0.15, 0.2) is 42.5 Å². The highest BCUT2D eigenvalue weighted by atomic mass is 16.5. The predicted molar refractivity (Wildman–Crippen MR) is 231 cm³/mol. The summed E-state index contributed by atoms with van der Waals surface area (Å²) in [5.74, 6) is -1.47. The summed E-state index contributed by atoms with van der Waals surface area (Å²) in [6.45, 7) is 12.3. The first-order valence-corrected chi connectivity index (χ1v) is 20.4. The lowest BCUT2D eigenvalue weighted by atomic mass is 9.79. The van der Waals surface area contributed by atoms with Crippen LogP contribution < -0.4 is 32.6 Å². The van der Waals surface area contributed by atoms with Crippen molar-refractivity contribution in [3.63, 3.8) is 0 Å². The van der Waals surface area contributed by atoms with Gasteiger partial charge < -0.3 is 35.8 Å². The lowest BCUT2D eigenvalue weighted by molar-refractivity contribution is -0.0121. The molecule has 2 fully saturated rings. The van der Waals surface area contributed by atoms with E-state index in [4.69, 9.17) is 36.6 Å². The zero-order chi connectivity index (χ0) is 44.0. The molecule has 0 atom stereocenters. The Morgan fingerprint density at radius 2 is 1.45 bits per heavy atom. The molecule has 20 heteroatoms. The van der Waals surface area contributed by atoms with Gasteiger partial charge in [0.1, 0.15) is 22.7 Å². The van der Waals surface area contributed by atoms with E-state index in [9.17, 15) is 19.2 Å². The molecule has 2 aliphatic rings. The Kier molecular flexibility index (Phi) is 11.0. The van der Waals surface area contributed by atoms with E-state index in [1.807, 2.05) is 37.5 Å². The Balaban J connectivity index is 1.18. The number of fused-ring (bicyclic) bond motifs is 2. The quantitative estimate of drug-likeness (QED) is 0.0934. The van der Waals surface area contributed by atoms with Crippen LogP contribution in [0.2, 0.25) is 0 Å². The van der Waals surface area contributed by atoms with Gasteiger partial charge in [-0.15, -0.1) is 0 Å². The van der Waals surface area contributed by atoms with Gasteiger partial charge in [-0.05, 0) is 70.0 Å². The molecule has 4 aromatic heterocycles. The number of likely N-dealkylation sites (tertiary alicyclic amines) is 1. The van der Waals surface area contributed by atoms with Crippen molar-refractivity contribution in [3.05, 3.63) is 81.9 Å². The number of aromatic nitrogens is 8. The molecule has 324 valence electrons. The second-order valence-electron chi connectivity index (χ2n) is 15.8. The minimum Gasteiger partial charge on any atom is -0.494 e. The highest BCUT2D eigenvalue weighted by molar-refractivity contribution is 6.07. The molecule has 62 heavy (non-hydrogen) atoms. The molecule has 2 aliphatic heterocycles. The van der Waals surface area contributed by atoms with Crippen LogP contribution in [0.4, 0.5) is 17.6 Å². The average molecular weight is 847 g/mol. The van der Waals surface area contributed by atoms with E-state index in [1.54, 1.807) is 34.4 Å². The van der Waals surface area contributed by atoms with Gasteiger partial charge in [0, 0.05) is 69.0 Å². The molecule has 6 aromatic rings. The SMILES string of the molecule is CCn1nc(C)cc1C(=O)Nc1nc2cc(C(N)=O)cc(CN3CC4(CCOC4)C3)c2n1C/C=C/Cn1c(NC(=O)c2c(N)c(C)nn2CC)nc2cc(C(N)=O)cc(OC)c21. The zero-order valence-electron chi connectivity index (χ0n) is 35.3. The van der Waals surface area contributed by atoms with Gasteiger partial charge in [-0.1, -0.05) is 12.2 Å². The van der Waals surface area contributed by atoms with Crippen molar-refractivity contribution in [3.8, 4) is 5.75 Å². The molecule has 0 saturated carbocycles. The first kappa shape index (κ1) is 41.7. The number of nitrogen functional groups attached to an aromatic ring is 1. The number of primary amides is 2. The number of aryl methyl sites for hydroxylation is 4. The average Bonchev–Trinajstić information content (AvgIpc) is 4.06. The van der Waals surface area contributed by atoms with E-state index in [1.165, 1.54) is 23.9 Å². The van der Waals surface area contributed by atoms with Crippen LogP contribution in [0.1, 0.15) is 78.9 Å². The molecular weight excluding hydrogens is 797 g/mol. The normalized spacial score (nSPS) is 14.9. The van der Waals surface area contributed by atoms with Crippen molar-refractivity contribution >= 4 is 63.3 Å². The van der Waals surface area contributed by atoms with Crippen LogP contribution in [0.25, 0.3) is 22.1 Å². The van der Waals surface area contributed by atoms with Gasteiger partial charge in [0.25, 0.3) is 11.8 Å². The molecule has 0 unspecified atom stereocenters. The van der Waals surface area contributed by atoms with Crippen LogP contribution in [-0.2, 0) is 37.5 Å². The maximum atomic E-state index is 13.9. The Hall–Kier alpha value is -7.06. The van der Waals surface area contributed by atoms with E-state index >= 15 is 0 Å². The van der Waals surface area contributed by atoms with Crippen molar-refractivity contribution in [2.45, 2.75) is 66.8 Å². The van der Waals surface area contributed by atoms with Crippen molar-refractivity contribution in [1.29, 1.82) is 0 Å². The summed E-state index contributed by atoms with van der Waals surface area (Å²) in [4.78, 5) is 64.5. The predicted octanol–water partition coefficient (Wildman–Crippen LogP) is 3.21. The van der Waals surface area contributed by atoms with Crippen LogP contribution >= 0.6 is 0 Å². The third-order valence-corrected chi connectivity index (χ3v) is 11.5. The summed E-state index contributed by atoms with van der Waals surface area (Å²) in [5, 5.41) is 14.7. The van der Waals surface area contributed by atoms with E-state index in [2.05, 4.69) is 25.7 Å². The summed E-state index contributed by atoms with van der Waals surface area (Å²) in [7, 11) is 1.46. The minimum atomic E-state index is -0.673. The van der Waals surface area contributed by atoms with Crippen LogP contribution in [0.3, 0.4) is 0 Å². The standard InChI is InChI=1S/C42H50N14O6/c1-6-55-30(14-23(3)50-55)38(59)48-40-46-28-16-25(36(44)57)15-27(19-52-20-42(21-52)10-13-62-22-42)33(28)53(40)11-8-9-12-54-34-29(17-26(37(45)58)18-31(34)61-5)47-41(54)49-39(60)35-32(43)24(4)51-56(35)7-2/h8-9,14-18H,6-7,10-13,19-22,43H2,1-5H3,(H2,44,57)(H2,45,58)(H,46,48,59)(H,47,49,60)/b9-8+. The smallest absolute Gasteiger partial charge is 0.278 e. The van der Waals surface area contributed by atoms with Crippen molar-refractivity contribution < 1.29 is 28.7 Å². The summed E-state index contributed by atoms with van der Waals surface area (Å²) >= 11 is 0. The number of imidazole rings is 2. The lowest BCUT2D eigenvalue weighted by Gasteiger charge is -2.47. The van der Waals surface area contributed by atoms with Gasteiger partial charge in [-0.25, -0.2) is 9.97 Å². The van der Waals surface area contributed by atoms with Gasteiger partial charge in [0.2, 0.25) is 23.7 Å². The number of anilines is 3. The summed E-state index contributed by atoms with van der Waals surface area (Å²) < 4.78 is 18.2. The fourth-order valence-corrected chi connectivity index (χ4v) is 8.57. The lowest BCUT2D eigenvalue weighted by Crippen LogP contribution is -2.56. The van der Waals surface area contributed by atoms with Gasteiger partial charge in [-0.2, -0.15) is 10.2 Å². The van der Waals surface area contributed by atoms with E-state index in [-0.39, 0.29) is 47.3 Å². The van der Waals surface area contributed by atoms with Gasteiger partial charge >= 0.3 is 0 Å². The van der Waals surface area contributed by atoms with E-state index < -0.39 is 23.6 Å². The Morgan fingerprint density at radius 3 is 2.05 bits per heavy atom. The number of methoxy groups -OCH3 is 1. The van der Waals surface area contributed by atoms with Crippen LogP contribution in [0.5, 0.6) is 5.75 Å². The van der Waals surface area contributed by atoms with Gasteiger partial charge in [-0.3, -0.25) is 44.1 Å². The fraction of sp³-hybridized carbons (Fsp3) is 0.381. The number of nitrogens with zero attached hydrogens (tertiary/aromatic N) is 9. The Morgan fingerprint density at radius 1 is 0.839 bits per heavy atom. The molecule has 8 rings (SSSR count). The molecule has 0 aliphatic carbocycles. The number of hydrogen-bond acceptors (Lipinski definition) is 12. The van der Waals surface area contributed by atoms with E-state index in [0.717, 1.165) is 43.8 Å². The number of allylic oxidation sites excluding steroid dienone is 2. The summed E-state index contributed by atoms with van der Waals surface area (Å²) in [6, 6.07) is 8.20. The molecule has 0 radical (unpaired) electrons. The third kappa shape index (κ3) is 7.62. The number of nitrogens with one attached hydrogen (secondary N) is 2. The molecule has 2 saturated heterocycles. The maximum Gasteiger partial charge on any atom is 0.278 e. The fourth-order valence-electron chi connectivity index (χ4n) is 8.57. The molecule has 4 amide bonds. The number of ether oxygens (including phenoxy) is 2. The number of nitrogens with two attached hydrogens (primary N) is 3. The highest BCUT2D eigenvalue weighted by Gasteiger charge is 2.45. The van der Waals surface area contributed by atoms with Crippen molar-refractivity contribution in [2.24, 2.45) is 16.9 Å². The second-order valence-corrected chi connectivity index (χ2v) is 15.8. The van der Waals surface area contributed by atoms with Gasteiger partial charge in [0.15, 0.2) is 0 Å². The molecule has 6 heterocycles. The number of amides is 4. The largest absolute Gasteiger partial charge is 0.494 e. The minimum absolute atomic E-state index is 0.131. The maximum absolute atomic E-state index is 13.9. The topological polar surface area (TPSA) is 263 Å². The number of carbonyl (C=O) groups is 4. The molecule has 0 bridgehead atoms. The van der Waals surface area contributed by atoms with Crippen molar-refractivity contribution in [2.75, 3.05) is 49.8 Å². The van der Waals surface area contributed by atoms with Gasteiger partial charge in [0.05, 0.1) is 47.3 Å². The molecule has 1 spiro atoms. The zero-order valence-corrected chi connectivity index (χ0v) is 35.3. The number of rotatable bonds is 15. The molecule has 2 aromatic carbocycles. The Labute approximate surface area is 356 Å². The van der Waals surface area contributed by atoms with E-state index in [0.29, 0.717) is 64.6 Å². The second kappa shape index (κ2) is 16.4. The summed E-state index contributed by atoms with van der Waals surface area (Å²) in [6.07, 6.45) is 4.77. The number of benzene rings is 2. The molecule has 8 N–H and O–H groups in total. The first-order valence-electron chi connectivity index (χ1n) is 20.4. The van der Waals surface area contributed by atoms with Crippen molar-refractivity contribution in [1.82, 2.24) is 43.6 Å². The first-order chi connectivity index (χ1) is 29.7. The summed E-state index contributed by atoms with van der Waals surface area (Å²) in [5.41, 5.74) is 23.3. The number of hydrogen-bond donors (Lipinski definition) is 5. The Bertz CT molecular complexity index is 2800. The van der Waals surface area contributed by atoms with Crippen LogP contribution in [0, 0.1) is 19.3 Å². The number of carbonyl (C=O) groups excluding carboxylic acids is 4.